The van der Waals surface area contributed by atoms with Crippen molar-refractivity contribution in [2.24, 2.45) is 22.2 Å². The fourth-order valence-electron chi connectivity index (χ4n) is 16.2. The van der Waals surface area contributed by atoms with Gasteiger partial charge in [-0.2, -0.15) is 36.0 Å². The average Bonchev–Trinajstić information content (AvgIpc) is 0.767. The van der Waals surface area contributed by atoms with Gasteiger partial charge in [-0.3, -0.25) is 24.0 Å². The maximum Gasteiger partial charge on any atom is 0.460 e. The van der Waals surface area contributed by atoms with Crippen LogP contribution >= 0.6 is 55.8 Å². The molecule has 782 valence electrons. The predicted octanol–water partition coefficient (Wildman–Crippen LogP) is 30.8. The van der Waals surface area contributed by atoms with Crippen LogP contribution in [0.3, 0.4) is 0 Å². The molecule has 9 rings (SSSR count). The minimum atomic E-state index is -6.72. The standard InChI is InChI=1S/C36H38F7NO8S2.C29H32BrFO2.C26H27BrF2O.C25H29FO3/c1-30(2,3)52-26(47)22-12-14-24(15-13-22)51-29(49)33(6,54-27(53)23-10-8-7-9-11-23)19-32(5,18-31(4,20-44)17-16-25(45)46)28(48)50-21-34(37,38)35(39,40)36(41,42)43;1-20(22-8-6-5-7-9-22)18-25(23-12-16-27(17-13-23)33-21(2)32)19-28(30)24-10-14-26(15-11-24)29(3,4)31;1-18(19-6-4-3-5-7-19)16-22(20-10-14-24(30)15-11-20)17-25(27)21-8-12-23(13-9-21)26(2,28)29;1-5-20(2)17-22(21-13-12-14-23(27)18-21)19-25(3,4)24(28)29-16-11-9-7-6-8-10-15-26/h7-15H,16-19,21H2,1-6H3,(H,45,46);5-17,20,25,28H,18-19H2,1-4H3;3-15,18,22,25,30H,16-17H2,1-2H3;12-14,18,20,22,27H,5,15-17,19H2,1-4H3. The Kier molecular flexibility index (Phi) is 47.0. The summed E-state index contributed by atoms with van der Waals surface area (Å²) in [4.78, 5) is 75.7. The van der Waals surface area contributed by atoms with E-state index in [0.29, 0.717) is 52.8 Å². The Hall–Kier alpha value is -11.8. The van der Waals surface area contributed by atoms with E-state index in [1.807, 2.05) is 92.7 Å². The second-order valence-electron chi connectivity index (χ2n) is 39.2. The van der Waals surface area contributed by atoms with Gasteiger partial charge in [0.25, 0.3) is 5.92 Å². The molecule has 0 aliphatic heterocycles. The van der Waals surface area contributed by atoms with E-state index in [1.54, 1.807) is 101 Å². The number of phenols is 2. The Bertz CT molecular complexity index is 5990. The second-order valence-corrected chi connectivity index (χ2v) is 43.6. The predicted molar refractivity (Wildman–Crippen MR) is 559 cm³/mol. The summed E-state index contributed by atoms with van der Waals surface area (Å²) in [6, 6.07) is 72.7. The SMILES string of the molecule is CC(=O)Oc1ccc(C(CC(C)c2ccccc2)CC(Br)c2ccc(C(C)(C)F)cc2)cc1.CC(C#N)(CCC(=O)O)CC(C)(CC(C)(SC(=S)c1ccccc1)C(=O)Oc1ccc(C(=O)OC(C)(C)C)cc1)C(=O)OCC(F)(F)C(F)(F)C(F)(F)F.CC(CC(CC(Br)c1ccc(C(C)(F)F)cc1)c1ccc(O)cc1)c1ccccc1.CCC(C)CC(CC(C)(C)C(=O)OCC#CC#CC#CCF)c1cccc(O)c1. The highest BCUT2D eigenvalue weighted by atomic mass is 79.9. The lowest BCUT2D eigenvalue weighted by molar-refractivity contribution is -0.360. The number of carbonyl (C=O) groups excluding carboxylic acids is 5. The second kappa shape index (κ2) is 55.8. The van der Waals surface area contributed by atoms with Crippen LogP contribution in [-0.4, -0.2) is 104 Å². The third kappa shape index (κ3) is 40.1. The lowest BCUT2D eigenvalue weighted by Gasteiger charge is -2.39. The number of phenolic OH excluding ortho intramolecular Hbond substituents is 2. The molecule has 0 fully saturated rings. The molecule has 0 heterocycles. The lowest BCUT2D eigenvalue weighted by Crippen LogP contribution is -2.55. The molecule has 0 spiro atoms. The van der Waals surface area contributed by atoms with Crippen molar-refractivity contribution in [3.8, 4) is 64.6 Å². The van der Waals surface area contributed by atoms with Gasteiger partial charge in [0.05, 0.1) is 32.1 Å². The number of halogens is 13. The molecular formula is C116H126Br2F11NO14S2. The maximum absolute atomic E-state index is 14.3. The van der Waals surface area contributed by atoms with Crippen molar-refractivity contribution < 1.29 is 116 Å². The molecule has 11 atom stereocenters. The summed E-state index contributed by atoms with van der Waals surface area (Å²) in [5, 5.41) is 38.8. The molecule has 9 aromatic rings. The number of esters is 5. The Morgan fingerprint density at radius 2 is 0.952 bits per heavy atom. The molecule has 9 aromatic carbocycles. The molecule has 0 aliphatic rings. The van der Waals surface area contributed by atoms with Crippen LogP contribution in [0.4, 0.5) is 48.3 Å². The fourth-order valence-corrected chi connectivity index (χ4v) is 19.6. The smallest absolute Gasteiger partial charge is 0.460 e. The highest BCUT2D eigenvalue weighted by Gasteiger charge is 2.73. The van der Waals surface area contributed by atoms with Gasteiger partial charge >= 0.3 is 53.8 Å². The number of aliphatic carboxylic acids is 1. The van der Waals surface area contributed by atoms with E-state index >= 15 is 0 Å². The largest absolute Gasteiger partial charge is 0.508 e. The van der Waals surface area contributed by atoms with Gasteiger partial charge in [-0.25, -0.2) is 22.4 Å². The molecule has 0 aromatic heterocycles. The van der Waals surface area contributed by atoms with E-state index in [2.05, 4.69) is 160 Å². The first kappa shape index (κ1) is 123. The number of nitriles is 1. The zero-order chi connectivity index (χ0) is 109. The normalized spacial score (nSPS) is 14.5. The number of rotatable bonds is 41. The van der Waals surface area contributed by atoms with Gasteiger partial charge in [0, 0.05) is 35.5 Å². The highest BCUT2D eigenvalue weighted by molar-refractivity contribution is 9.09. The first-order chi connectivity index (χ1) is 68.2. The van der Waals surface area contributed by atoms with Crippen molar-refractivity contribution in [2.75, 3.05) is 19.9 Å². The van der Waals surface area contributed by atoms with Crippen LogP contribution in [0.25, 0.3) is 0 Å². The van der Waals surface area contributed by atoms with Crippen LogP contribution in [0.1, 0.15) is 287 Å². The summed E-state index contributed by atoms with van der Waals surface area (Å²) in [5.41, 5.74) is 2.33. The average molecular weight is 2190 g/mol. The number of carboxylic acid groups (broad SMARTS) is 1. The topological polar surface area (TPSA) is 233 Å². The van der Waals surface area contributed by atoms with Gasteiger partial charge in [0.2, 0.25) is 0 Å². The molecule has 11 unspecified atom stereocenters. The zero-order valence-electron chi connectivity index (χ0n) is 84.5. The number of thioether (sulfide) groups is 1. The minimum absolute atomic E-state index is 0.0266. The number of carboxylic acids is 1. The number of nitrogens with zero attached hydrogens (tertiary/aromatic N) is 1. The van der Waals surface area contributed by atoms with Crippen LogP contribution < -0.4 is 9.47 Å². The fraction of sp³-hybridized carbons (Fsp3) is 0.414. The van der Waals surface area contributed by atoms with Crippen LogP contribution in [0.5, 0.6) is 23.0 Å². The minimum Gasteiger partial charge on any atom is -0.508 e. The molecule has 0 bridgehead atoms. The maximum atomic E-state index is 14.3. The van der Waals surface area contributed by atoms with E-state index < -0.39 is 119 Å². The lowest BCUT2D eigenvalue weighted by atomic mass is 9.68. The number of ether oxygens (including phenoxy) is 5. The van der Waals surface area contributed by atoms with Crippen molar-refractivity contribution in [3.63, 3.8) is 0 Å². The number of aromatic hydroxyl groups is 2. The summed E-state index contributed by atoms with van der Waals surface area (Å²) in [6.07, 6.45) is -3.15. The van der Waals surface area contributed by atoms with Gasteiger partial charge in [-0.1, -0.05) is 272 Å². The Morgan fingerprint density at radius 3 is 1.40 bits per heavy atom. The van der Waals surface area contributed by atoms with Crippen molar-refractivity contribution in [1.82, 2.24) is 0 Å². The van der Waals surface area contributed by atoms with E-state index in [9.17, 15) is 97.6 Å². The third-order valence-corrected chi connectivity index (χ3v) is 27.7. The molecule has 15 nitrogen and oxygen atoms in total. The summed E-state index contributed by atoms with van der Waals surface area (Å²) < 4.78 is 172. The van der Waals surface area contributed by atoms with Gasteiger partial charge < -0.3 is 39.0 Å². The molecule has 0 saturated heterocycles. The molecule has 0 radical (unpaired) electrons. The van der Waals surface area contributed by atoms with Gasteiger partial charge in [0.15, 0.2) is 19.9 Å². The summed E-state index contributed by atoms with van der Waals surface area (Å²) in [5.74, 6) is -3.73. The Morgan fingerprint density at radius 1 is 0.486 bits per heavy atom. The first-order valence-corrected chi connectivity index (χ1v) is 50.4. The summed E-state index contributed by atoms with van der Waals surface area (Å²) >= 11 is 13.9. The van der Waals surface area contributed by atoms with Crippen LogP contribution in [0.15, 0.2) is 237 Å². The first-order valence-electron chi connectivity index (χ1n) is 47.3. The number of alkyl halides is 13. The number of benzene rings is 9. The van der Waals surface area contributed by atoms with Gasteiger partial charge in [0.1, 0.15) is 39.0 Å². The molecule has 146 heavy (non-hydrogen) atoms. The molecule has 3 N–H and O–H groups in total. The van der Waals surface area contributed by atoms with E-state index in [0.717, 1.165) is 74.6 Å². The van der Waals surface area contributed by atoms with Crippen LogP contribution in [0.2, 0.25) is 0 Å². The number of hydrogen-bond donors (Lipinski definition) is 3. The Labute approximate surface area is 876 Å². The van der Waals surface area contributed by atoms with Gasteiger partial charge in [-0.05, 0) is 303 Å². The number of hydrogen-bond acceptors (Lipinski definition) is 16. The van der Waals surface area contributed by atoms with Crippen molar-refractivity contribution >= 4 is 95.9 Å². The van der Waals surface area contributed by atoms with Crippen molar-refractivity contribution in [1.29, 1.82) is 5.26 Å². The summed E-state index contributed by atoms with van der Waals surface area (Å²) in [6.45, 7) is 22.9. The number of carbonyl (C=O) groups is 6. The quantitative estimate of drug-likeness (QED) is 0.00615. The Balaban J connectivity index is 0.000000309. The summed E-state index contributed by atoms with van der Waals surface area (Å²) in [7, 11) is 0. The van der Waals surface area contributed by atoms with E-state index in [1.165, 1.54) is 73.9 Å². The van der Waals surface area contributed by atoms with Crippen LogP contribution in [0, 0.1) is 69.0 Å². The van der Waals surface area contributed by atoms with Gasteiger partial charge in [-0.15, -0.1) is 0 Å². The third-order valence-electron chi connectivity index (χ3n) is 24.3. The molecule has 0 amide bonds. The molecule has 30 heteroatoms. The van der Waals surface area contributed by atoms with E-state index in [-0.39, 0.29) is 78.5 Å². The molecule has 0 saturated carbocycles. The monoisotopic (exact) mass is 2190 g/mol. The van der Waals surface area contributed by atoms with Crippen molar-refractivity contribution in [3.05, 3.63) is 298 Å². The van der Waals surface area contributed by atoms with E-state index in [4.69, 9.17) is 31.2 Å². The van der Waals surface area contributed by atoms with Crippen molar-refractivity contribution in [2.45, 2.75) is 261 Å². The molecular weight excluding hydrogens is 2060 g/mol. The highest BCUT2D eigenvalue weighted by Crippen LogP contribution is 2.52. The number of thiocarbonyl (C=S) groups is 1. The zero-order valence-corrected chi connectivity index (χ0v) is 89.3. The van der Waals surface area contributed by atoms with Crippen LogP contribution in [-0.2, 0) is 49.8 Å². The molecule has 0 aliphatic carbocycles.